The predicted octanol–water partition coefficient (Wildman–Crippen LogP) is 4.79. The Bertz CT molecular complexity index is 1130. The van der Waals surface area contributed by atoms with Gasteiger partial charge in [-0.2, -0.15) is 0 Å². The molecule has 0 bridgehead atoms. The zero-order valence-corrected chi connectivity index (χ0v) is 23.5. The molecule has 192 valence electrons. The number of sulfone groups is 1. The fourth-order valence-corrected chi connectivity index (χ4v) is 9.30. The van der Waals surface area contributed by atoms with Gasteiger partial charge in [0, 0.05) is 39.3 Å². The van der Waals surface area contributed by atoms with E-state index in [0.29, 0.717) is 37.0 Å². The number of benzene rings is 1. The third kappa shape index (κ3) is 6.34. The van der Waals surface area contributed by atoms with Gasteiger partial charge in [0.2, 0.25) is 0 Å². The average molecular weight is 518 g/mol. The van der Waals surface area contributed by atoms with Gasteiger partial charge in [-0.15, -0.1) is 0 Å². The summed E-state index contributed by atoms with van der Waals surface area (Å²) in [5, 5.41) is 0. The molecule has 1 aromatic rings. The van der Waals surface area contributed by atoms with Crippen molar-refractivity contribution in [3.8, 4) is 0 Å². The van der Waals surface area contributed by atoms with Crippen LogP contribution in [0.25, 0.3) is 0 Å². The number of nitrogens with zero attached hydrogens (tertiary/aromatic N) is 1. The van der Waals surface area contributed by atoms with E-state index in [0.717, 1.165) is 25.2 Å². The van der Waals surface area contributed by atoms with Crippen molar-refractivity contribution in [2.24, 2.45) is 0 Å². The van der Waals surface area contributed by atoms with Gasteiger partial charge in [0.15, 0.2) is 9.84 Å². The van der Waals surface area contributed by atoms with E-state index in [1.807, 2.05) is 18.7 Å². The normalized spacial score (nSPS) is 22.9. The molecular formula is C27H39NO5SSi. The van der Waals surface area contributed by atoms with E-state index in [4.69, 9.17) is 9.47 Å². The predicted molar refractivity (Wildman–Crippen MR) is 142 cm³/mol. The zero-order chi connectivity index (χ0) is 25.4. The monoisotopic (exact) mass is 517 g/mol. The van der Waals surface area contributed by atoms with Crippen molar-refractivity contribution >= 4 is 23.8 Å². The second-order valence-electron chi connectivity index (χ2n) is 11.5. The maximum absolute atomic E-state index is 13.7. The molecule has 0 aromatic heterocycles. The van der Waals surface area contributed by atoms with Gasteiger partial charge in [0.1, 0.15) is 0 Å². The Kier molecular flexibility index (Phi) is 7.76. The SMILES string of the molecule is CC(C)OC1CC=C(S(=O)(=O)CC[Si](C)(C)C)C=C1C(=O)N1Cc2ccc(C3CCOC3)cc2C1. The Morgan fingerprint density at radius 1 is 1.20 bits per heavy atom. The van der Waals surface area contributed by atoms with Crippen molar-refractivity contribution in [3.05, 3.63) is 57.5 Å². The fourth-order valence-electron chi connectivity index (χ4n) is 4.88. The molecule has 4 rings (SSSR count). The lowest BCUT2D eigenvalue weighted by Gasteiger charge is -2.28. The van der Waals surface area contributed by atoms with Crippen LogP contribution in [0.15, 0.2) is 40.8 Å². The summed E-state index contributed by atoms with van der Waals surface area (Å²) in [5.41, 5.74) is 4.04. The molecule has 1 saturated heterocycles. The van der Waals surface area contributed by atoms with E-state index in [-0.39, 0.29) is 22.7 Å². The summed E-state index contributed by atoms with van der Waals surface area (Å²) >= 11 is 0. The molecule has 1 aromatic carbocycles. The molecular weight excluding hydrogens is 478 g/mol. The molecule has 2 atom stereocenters. The van der Waals surface area contributed by atoms with Crippen LogP contribution in [0.4, 0.5) is 0 Å². The van der Waals surface area contributed by atoms with Crippen molar-refractivity contribution < 1.29 is 22.7 Å². The summed E-state index contributed by atoms with van der Waals surface area (Å²) in [7, 11) is -4.96. The Morgan fingerprint density at radius 3 is 2.60 bits per heavy atom. The molecule has 2 unspecified atom stereocenters. The van der Waals surface area contributed by atoms with Crippen molar-refractivity contribution in [1.82, 2.24) is 4.90 Å². The van der Waals surface area contributed by atoms with Crippen LogP contribution in [0, 0.1) is 0 Å². The van der Waals surface area contributed by atoms with E-state index >= 15 is 0 Å². The Morgan fingerprint density at radius 2 is 1.94 bits per heavy atom. The highest BCUT2D eigenvalue weighted by molar-refractivity contribution is 7.95. The quantitative estimate of drug-likeness (QED) is 0.464. The molecule has 2 heterocycles. The van der Waals surface area contributed by atoms with Crippen LogP contribution in [0.5, 0.6) is 0 Å². The van der Waals surface area contributed by atoms with Crippen molar-refractivity contribution in [1.29, 1.82) is 0 Å². The van der Waals surface area contributed by atoms with Gasteiger partial charge >= 0.3 is 0 Å². The van der Waals surface area contributed by atoms with Crippen LogP contribution in [0.3, 0.4) is 0 Å². The third-order valence-electron chi connectivity index (χ3n) is 6.98. The van der Waals surface area contributed by atoms with E-state index < -0.39 is 24.0 Å². The van der Waals surface area contributed by atoms with Gasteiger partial charge < -0.3 is 14.4 Å². The molecule has 1 amide bonds. The second-order valence-corrected chi connectivity index (χ2v) is 19.2. The highest BCUT2D eigenvalue weighted by Crippen LogP contribution is 2.33. The first-order valence-corrected chi connectivity index (χ1v) is 18.1. The summed E-state index contributed by atoms with van der Waals surface area (Å²) in [6, 6.07) is 7.19. The summed E-state index contributed by atoms with van der Waals surface area (Å²) in [5.74, 6) is 0.415. The minimum atomic E-state index is -3.45. The second kappa shape index (κ2) is 10.3. The van der Waals surface area contributed by atoms with Crippen LogP contribution in [0.1, 0.15) is 49.3 Å². The number of fused-ring (bicyclic) bond motifs is 1. The number of amides is 1. The van der Waals surface area contributed by atoms with E-state index in [1.54, 1.807) is 12.2 Å². The molecule has 0 radical (unpaired) electrons. The maximum Gasteiger partial charge on any atom is 0.253 e. The molecule has 8 heteroatoms. The maximum atomic E-state index is 13.7. The topological polar surface area (TPSA) is 72.9 Å². The Balaban J connectivity index is 1.55. The lowest BCUT2D eigenvalue weighted by molar-refractivity contribution is -0.129. The molecule has 35 heavy (non-hydrogen) atoms. The zero-order valence-electron chi connectivity index (χ0n) is 21.7. The number of carbonyl (C=O) groups excluding carboxylic acids is 1. The van der Waals surface area contributed by atoms with Crippen molar-refractivity contribution in [3.63, 3.8) is 0 Å². The molecule has 2 aliphatic heterocycles. The molecule has 0 spiro atoms. The van der Waals surface area contributed by atoms with Crippen LogP contribution in [-0.2, 0) is 37.2 Å². The van der Waals surface area contributed by atoms with Gasteiger partial charge in [-0.3, -0.25) is 4.79 Å². The number of hydrogen-bond acceptors (Lipinski definition) is 5. The van der Waals surface area contributed by atoms with Crippen molar-refractivity contribution in [2.75, 3.05) is 19.0 Å². The molecule has 0 saturated carbocycles. The van der Waals surface area contributed by atoms with E-state index in [9.17, 15) is 13.2 Å². The third-order valence-corrected chi connectivity index (χ3v) is 10.8. The number of ether oxygens (including phenoxy) is 2. The van der Waals surface area contributed by atoms with Gasteiger partial charge in [-0.05, 0) is 55.5 Å². The lowest BCUT2D eigenvalue weighted by atomic mass is 9.95. The fraction of sp³-hybridized carbons (Fsp3) is 0.593. The summed E-state index contributed by atoms with van der Waals surface area (Å²) < 4.78 is 37.9. The number of rotatable bonds is 8. The first kappa shape index (κ1) is 26.3. The Hall–Kier alpha value is -1.74. The van der Waals surface area contributed by atoms with Gasteiger partial charge in [0.05, 0.1) is 29.5 Å². The standard InChI is InChI=1S/C27H39NO5SSi/c1-19(2)33-26-9-8-24(34(30,31)12-13-35(3,4)5)15-25(26)27(29)28-16-21-7-6-20(14-23(21)17-28)22-10-11-32-18-22/h6-8,14-15,19,22,26H,9-13,16-18H2,1-5H3. The van der Waals surface area contributed by atoms with E-state index in [2.05, 4.69) is 37.8 Å². The highest BCUT2D eigenvalue weighted by atomic mass is 32.2. The smallest absolute Gasteiger partial charge is 0.253 e. The number of hydrogen-bond donors (Lipinski definition) is 0. The number of allylic oxidation sites excluding steroid dienone is 1. The minimum absolute atomic E-state index is 0.0680. The summed E-state index contributed by atoms with van der Waals surface area (Å²) in [4.78, 5) is 15.8. The van der Waals surface area contributed by atoms with Crippen LogP contribution < -0.4 is 0 Å². The van der Waals surface area contributed by atoms with Gasteiger partial charge in [0.25, 0.3) is 5.91 Å². The van der Waals surface area contributed by atoms with Crippen LogP contribution in [-0.4, -0.2) is 58.5 Å². The van der Waals surface area contributed by atoms with E-state index in [1.165, 1.54) is 11.1 Å². The molecule has 1 aliphatic carbocycles. The highest BCUT2D eigenvalue weighted by Gasteiger charge is 2.34. The largest absolute Gasteiger partial charge is 0.381 e. The number of carbonyl (C=O) groups is 1. The van der Waals surface area contributed by atoms with Crippen molar-refractivity contribution in [2.45, 2.75) is 83.6 Å². The molecule has 1 fully saturated rings. The lowest BCUT2D eigenvalue weighted by Crippen LogP contribution is -2.35. The van der Waals surface area contributed by atoms with Gasteiger partial charge in [-0.1, -0.05) is 43.9 Å². The summed E-state index contributed by atoms with van der Waals surface area (Å²) in [6.07, 6.45) is 4.24. The Labute approximate surface area is 211 Å². The molecule has 0 N–H and O–H groups in total. The van der Waals surface area contributed by atoms with Crippen LogP contribution in [0.2, 0.25) is 25.7 Å². The first-order chi connectivity index (χ1) is 16.4. The summed E-state index contributed by atoms with van der Waals surface area (Å²) in [6.45, 7) is 13.0. The minimum Gasteiger partial charge on any atom is -0.381 e. The molecule has 6 nitrogen and oxygen atoms in total. The first-order valence-electron chi connectivity index (χ1n) is 12.7. The average Bonchev–Trinajstić information content (AvgIpc) is 3.46. The van der Waals surface area contributed by atoms with Gasteiger partial charge in [-0.25, -0.2) is 8.42 Å². The van der Waals surface area contributed by atoms with Crippen LogP contribution >= 0.6 is 0 Å². The molecule has 3 aliphatic rings.